The fourth-order valence-electron chi connectivity index (χ4n) is 3.16. The Morgan fingerprint density at radius 3 is 1.16 bits per heavy atom. The van der Waals surface area contributed by atoms with Crippen molar-refractivity contribution in [3.63, 3.8) is 0 Å². The monoisotopic (exact) mass is 414 g/mol. The average molecular weight is 415 g/mol. The summed E-state index contributed by atoms with van der Waals surface area (Å²) in [6, 6.07) is 0. The Morgan fingerprint density at radius 2 is 0.880 bits per heavy atom. The van der Waals surface area contributed by atoms with Gasteiger partial charge in [-0.25, -0.2) is 0 Å². The minimum absolute atomic E-state index is 0. The van der Waals surface area contributed by atoms with E-state index < -0.39 is 0 Å². The van der Waals surface area contributed by atoms with Crippen LogP contribution in [-0.4, -0.2) is 62.4 Å². The molecule has 0 saturated heterocycles. The molecule has 0 spiro atoms. The first-order chi connectivity index (χ1) is 11.8. The summed E-state index contributed by atoms with van der Waals surface area (Å²) < 4.78 is 5.54. The van der Waals surface area contributed by atoms with E-state index in [4.69, 9.17) is 17.0 Å². The summed E-state index contributed by atoms with van der Waals surface area (Å²) in [6.45, 7) is 3.03. The van der Waals surface area contributed by atoms with E-state index in [1.165, 1.54) is 109 Å². The van der Waals surface area contributed by atoms with Gasteiger partial charge in [0.25, 0.3) is 0 Å². The standard InChI is InChI=1S/C21H42OS2.K.H/c1-2-3-4-5-6-7-8-9-10-11-12-13-14-15-16-17-18-19-20-22-21(23)24;;/h2-20H2,1H3,(H,23,24);;. The quantitative estimate of drug-likeness (QED) is 0.101. The van der Waals surface area contributed by atoms with Crippen LogP contribution in [0.5, 0.6) is 0 Å². The van der Waals surface area contributed by atoms with E-state index in [1.807, 2.05) is 0 Å². The van der Waals surface area contributed by atoms with Crippen molar-refractivity contribution in [3.8, 4) is 0 Å². The molecule has 0 atom stereocenters. The van der Waals surface area contributed by atoms with Gasteiger partial charge >= 0.3 is 51.4 Å². The molecule has 0 aromatic carbocycles. The molecule has 1 nitrogen and oxygen atoms in total. The van der Waals surface area contributed by atoms with Crippen molar-refractivity contribution in [1.29, 1.82) is 0 Å². The van der Waals surface area contributed by atoms with Crippen molar-refractivity contribution in [3.05, 3.63) is 0 Å². The third kappa shape index (κ3) is 28.2. The second kappa shape index (κ2) is 25.9. The number of hydrogen-bond donors (Lipinski definition) is 1. The van der Waals surface area contributed by atoms with Crippen molar-refractivity contribution >= 4 is 80.6 Å². The van der Waals surface area contributed by atoms with Crippen molar-refractivity contribution < 1.29 is 4.74 Å². The second-order valence-electron chi connectivity index (χ2n) is 7.12. The van der Waals surface area contributed by atoms with Gasteiger partial charge in [-0.05, 0) is 18.6 Å². The molecule has 0 heterocycles. The van der Waals surface area contributed by atoms with Crippen molar-refractivity contribution in [2.24, 2.45) is 0 Å². The van der Waals surface area contributed by atoms with E-state index in [2.05, 4.69) is 19.6 Å². The van der Waals surface area contributed by atoms with Gasteiger partial charge in [-0.3, -0.25) is 0 Å². The molecule has 0 unspecified atom stereocenters. The van der Waals surface area contributed by atoms with Crippen LogP contribution in [0.3, 0.4) is 0 Å². The summed E-state index contributed by atoms with van der Waals surface area (Å²) in [7, 11) is 0. The molecule has 0 saturated carbocycles. The maximum atomic E-state index is 5.17. The van der Waals surface area contributed by atoms with Gasteiger partial charge in [-0.2, -0.15) is 0 Å². The Morgan fingerprint density at radius 1 is 0.600 bits per heavy atom. The van der Waals surface area contributed by atoms with Gasteiger partial charge in [0.2, 0.25) is 4.38 Å². The Balaban J connectivity index is 0. The summed E-state index contributed by atoms with van der Waals surface area (Å²) in [5.74, 6) is 0. The zero-order chi connectivity index (χ0) is 17.7. The van der Waals surface area contributed by atoms with Gasteiger partial charge in [0.05, 0.1) is 6.61 Å². The molecule has 0 fully saturated rings. The van der Waals surface area contributed by atoms with Crippen LogP contribution in [0.2, 0.25) is 0 Å². The van der Waals surface area contributed by atoms with E-state index in [-0.39, 0.29) is 51.4 Å². The number of hydrogen-bond acceptors (Lipinski definition) is 2. The van der Waals surface area contributed by atoms with Gasteiger partial charge in [-0.15, -0.1) is 0 Å². The van der Waals surface area contributed by atoms with Gasteiger partial charge in [0, 0.05) is 0 Å². The summed E-state index contributed by atoms with van der Waals surface area (Å²) in [6.07, 6.45) is 25.3. The summed E-state index contributed by atoms with van der Waals surface area (Å²) in [4.78, 5) is 0. The molecule has 0 aliphatic carbocycles. The molecule has 0 rings (SSSR count). The Kier molecular flexibility index (Phi) is 30.1. The van der Waals surface area contributed by atoms with Gasteiger partial charge in [0.15, 0.2) is 0 Å². The molecule has 0 bridgehead atoms. The predicted molar refractivity (Wildman–Crippen MR) is 123 cm³/mol. The average Bonchev–Trinajstić information content (AvgIpc) is 2.56. The van der Waals surface area contributed by atoms with Crippen molar-refractivity contribution in [2.75, 3.05) is 6.61 Å². The number of unbranched alkanes of at least 4 members (excludes halogenated alkanes) is 17. The second-order valence-corrected chi connectivity index (χ2v) is 8.20. The van der Waals surface area contributed by atoms with Crippen LogP contribution >= 0.6 is 24.8 Å². The van der Waals surface area contributed by atoms with Crippen molar-refractivity contribution in [1.82, 2.24) is 0 Å². The predicted octanol–water partition coefficient (Wildman–Crippen LogP) is 7.61. The van der Waals surface area contributed by atoms with Crippen LogP contribution < -0.4 is 0 Å². The SMILES string of the molecule is CCCCCCCCCCCCCCCCCCCCOC(=S)S.[KH]. The Labute approximate surface area is 212 Å². The fourth-order valence-corrected chi connectivity index (χ4v) is 3.34. The summed E-state index contributed by atoms with van der Waals surface area (Å²) >= 11 is 8.70. The zero-order valence-electron chi connectivity index (χ0n) is 16.2. The van der Waals surface area contributed by atoms with E-state index in [0.29, 0.717) is 4.38 Å². The maximum absolute atomic E-state index is 5.17. The first-order valence-corrected chi connectivity index (χ1v) is 11.5. The molecule has 0 aromatic rings. The Bertz CT molecular complexity index is 262. The first kappa shape index (κ1) is 29.1. The summed E-state index contributed by atoms with van der Waals surface area (Å²) in [5, 5.41) is 0. The van der Waals surface area contributed by atoms with Crippen molar-refractivity contribution in [2.45, 2.75) is 122 Å². The van der Waals surface area contributed by atoms with Crippen LogP contribution in [0.25, 0.3) is 0 Å². The molecule has 0 aliphatic rings. The number of ether oxygens (including phenoxy) is 1. The summed E-state index contributed by atoms with van der Waals surface area (Å²) in [5.41, 5.74) is 0. The van der Waals surface area contributed by atoms with E-state index in [1.54, 1.807) is 0 Å². The van der Waals surface area contributed by atoms with Gasteiger partial charge < -0.3 is 4.74 Å². The van der Waals surface area contributed by atoms with Crippen LogP contribution in [-0.2, 0) is 4.74 Å². The molecule has 0 amide bonds. The zero-order valence-corrected chi connectivity index (χ0v) is 17.9. The molecule has 25 heavy (non-hydrogen) atoms. The van der Waals surface area contributed by atoms with Crippen LogP contribution in [0, 0.1) is 0 Å². The third-order valence-corrected chi connectivity index (χ3v) is 4.97. The van der Waals surface area contributed by atoms with Crippen LogP contribution in [0.4, 0.5) is 0 Å². The third-order valence-electron chi connectivity index (χ3n) is 4.72. The fraction of sp³-hybridized carbons (Fsp3) is 0.952. The molecule has 0 N–H and O–H groups in total. The van der Waals surface area contributed by atoms with E-state index in [9.17, 15) is 0 Å². The number of thiol groups is 1. The molecule has 146 valence electrons. The molecule has 0 aromatic heterocycles. The normalized spacial score (nSPS) is 10.5. The van der Waals surface area contributed by atoms with Crippen LogP contribution in [0.1, 0.15) is 122 Å². The Hall–Kier alpha value is 1.88. The minimum atomic E-state index is 0. The number of rotatable bonds is 19. The molecule has 0 radical (unpaired) electrons. The van der Waals surface area contributed by atoms with Gasteiger partial charge in [0.1, 0.15) is 0 Å². The van der Waals surface area contributed by atoms with E-state index >= 15 is 0 Å². The topological polar surface area (TPSA) is 9.23 Å². The molecule has 0 aliphatic heterocycles. The molecular formula is C21H43KOS2. The van der Waals surface area contributed by atoms with Gasteiger partial charge in [-0.1, -0.05) is 129 Å². The first-order valence-electron chi connectivity index (χ1n) is 10.6. The molecule has 4 heteroatoms. The number of thiocarbonyl (C=S) groups is 1. The van der Waals surface area contributed by atoms with E-state index in [0.717, 1.165) is 13.0 Å². The molecular weight excluding hydrogens is 371 g/mol. The van der Waals surface area contributed by atoms with Crippen LogP contribution in [0.15, 0.2) is 0 Å².